The molecule has 212 valence electrons. The number of esters is 1. The maximum Gasteiger partial charge on any atom is 0.350 e. The van der Waals surface area contributed by atoms with Gasteiger partial charge in [-0.25, -0.2) is 9.78 Å². The number of hydrogen-bond acceptors (Lipinski definition) is 8. The fraction of sp³-hybridized carbons (Fsp3) is 0.250. The Hall–Kier alpha value is -4.50. The van der Waals surface area contributed by atoms with E-state index in [9.17, 15) is 19.5 Å². The summed E-state index contributed by atoms with van der Waals surface area (Å²) in [4.78, 5) is 45.4. The standard InChI is InChI=1S/C32H32N2O6S/c1-4-6-10-20-39-24-16-14-23(15-17-24)27-26(25(35)18-13-22-11-8-7-9-12-22)28(36)30(37)34(27)32-33-21(3)29(41-32)31(38)40-19-5-2/h5,7-9,11-18,27,36H,2,4,6,10,19-20H2,1,3H3/b18-13+. The van der Waals surface area contributed by atoms with E-state index in [0.717, 1.165) is 36.2 Å². The summed E-state index contributed by atoms with van der Waals surface area (Å²) < 4.78 is 11.0. The Balaban J connectivity index is 1.71. The highest BCUT2D eigenvalue weighted by molar-refractivity contribution is 7.17. The largest absolute Gasteiger partial charge is 0.503 e. The van der Waals surface area contributed by atoms with E-state index in [1.54, 1.807) is 37.3 Å². The van der Waals surface area contributed by atoms with Crippen LogP contribution in [0.3, 0.4) is 0 Å². The van der Waals surface area contributed by atoms with E-state index in [-0.39, 0.29) is 22.2 Å². The van der Waals surface area contributed by atoms with Crippen molar-refractivity contribution < 1.29 is 29.0 Å². The number of unbranched alkanes of at least 4 members (excludes halogenated alkanes) is 2. The lowest BCUT2D eigenvalue weighted by Gasteiger charge is -2.24. The number of ether oxygens (including phenoxy) is 2. The van der Waals surface area contributed by atoms with Gasteiger partial charge in [0.15, 0.2) is 16.7 Å². The van der Waals surface area contributed by atoms with Gasteiger partial charge in [0, 0.05) is 0 Å². The lowest BCUT2D eigenvalue weighted by molar-refractivity contribution is -0.117. The summed E-state index contributed by atoms with van der Waals surface area (Å²) in [6, 6.07) is 15.3. The number of nitrogens with zero attached hydrogens (tertiary/aromatic N) is 2. The number of aliphatic hydroxyl groups excluding tert-OH is 1. The van der Waals surface area contributed by atoms with Crippen molar-refractivity contribution >= 4 is 40.2 Å². The van der Waals surface area contributed by atoms with E-state index < -0.39 is 29.5 Å². The Morgan fingerprint density at radius 2 is 1.85 bits per heavy atom. The number of aliphatic hydroxyl groups is 1. The van der Waals surface area contributed by atoms with Gasteiger partial charge >= 0.3 is 5.97 Å². The second kappa shape index (κ2) is 13.7. The molecule has 0 saturated heterocycles. The summed E-state index contributed by atoms with van der Waals surface area (Å²) in [5.74, 6) is -1.92. The van der Waals surface area contributed by atoms with Crippen molar-refractivity contribution in [2.75, 3.05) is 18.1 Å². The Labute approximate surface area is 243 Å². The molecule has 0 bridgehead atoms. The van der Waals surface area contributed by atoms with Crippen LogP contribution in [0.4, 0.5) is 5.13 Å². The fourth-order valence-electron chi connectivity index (χ4n) is 4.36. The first-order chi connectivity index (χ1) is 19.8. The minimum atomic E-state index is -0.979. The minimum Gasteiger partial charge on any atom is -0.503 e. The highest BCUT2D eigenvalue weighted by Crippen LogP contribution is 2.43. The third-order valence-corrected chi connectivity index (χ3v) is 7.56. The molecule has 41 heavy (non-hydrogen) atoms. The molecule has 4 rings (SSSR count). The number of ketones is 1. The molecular weight excluding hydrogens is 540 g/mol. The van der Waals surface area contributed by atoms with Crippen LogP contribution in [0.15, 0.2) is 84.7 Å². The first-order valence-corrected chi connectivity index (χ1v) is 14.2. The summed E-state index contributed by atoms with van der Waals surface area (Å²) in [6.07, 6.45) is 7.51. The Kier molecular flexibility index (Phi) is 9.86. The molecule has 0 aliphatic carbocycles. The van der Waals surface area contributed by atoms with Crippen molar-refractivity contribution in [3.05, 3.63) is 106 Å². The van der Waals surface area contributed by atoms with Crippen LogP contribution < -0.4 is 9.64 Å². The van der Waals surface area contributed by atoms with Crippen LogP contribution in [0.2, 0.25) is 0 Å². The number of carbonyl (C=O) groups is 3. The van der Waals surface area contributed by atoms with Crippen molar-refractivity contribution in [1.29, 1.82) is 0 Å². The topological polar surface area (TPSA) is 106 Å². The summed E-state index contributed by atoms with van der Waals surface area (Å²) in [6.45, 7) is 7.91. The number of rotatable bonds is 13. The molecule has 1 aliphatic heterocycles. The van der Waals surface area contributed by atoms with Gasteiger partial charge in [-0.15, -0.1) is 0 Å². The van der Waals surface area contributed by atoms with E-state index >= 15 is 0 Å². The van der Waals surface area contributed by atoms with Crippen LogP contribution in [-0.2, 0) is 14.3 Å². The van der Waals surface area contributed by atoms with Crippen molar-refractivity contribution in [3.63, 3.8) is 0 Å². The van der Waals surface area contributed by atoms with Crippen LogP contribution in [-0.4, -0.2) is 41.0 Å². The zero-order valence-corrected chi connectivity index (χ0v) is 23.9. The average molecular weight is 573 g/mol. The van der Waals surface area contributed by atoms with E-state index in [1.807, 2.05) is 30.3 Å². The quantitative estimate of drug-likeness (QED) is 0.107. The van der Waals surface area contributed by atoms with E-state index in [4.69, 9.17) is 9.47 Å². The highest BCUT2D eigenvalue weighted by atomic mass is 32.1. The normalized spacial score (nSPS) is 15.0. The van der Waals surface area contributed by atoms with Gasteiger partial charge in [-0.3, -0.25) is 14.5 Å². The SMILES string of the molecule is C=CCOC(=O)c1sc(N2C(=O)C(O)=C(C(=O)/C=C/c3ccccc3)C2c2ccc(OCCCCC)cc2)nc1C. The molecule has 1 N–H and O–H groups in total. The Bertz CT molecular complexity index is 1470. The third kappa shape index (κ3) is 6.81. The maximum absolute atomic E-state index is 13.5. The number of benzene rings is 2. The van der Waals surface area contributed by atoms with Gasteiger partial charge in [0.25, 0.3) is 5.91 Å². The van der Waals surface area contributed by atoms with Crippen LogP contribution in [0.25, 0.3) is 6.08 Å². The van der Waals surface area contributed by atoms with Crippen molar-refractivity contribution in [2.45, 2.75) is 39.2 Å². The van der Waals surface area contributed by atoms with Gasteiger partial charge in [-0.05, 0) is 42.7 Å². The first-order valence-electron chi connectivity index (χ1n) is 13.4. The summed E-state index contributed by atoms with van der Waals surface area (Å²) in [7, 11) is 0. The van der Waals surface area contributed by atoms with E-state index in [2.05, 4.69) is 18.5 Å². The molecule has 0 fully saturated rings. The molecule has 1 unspecified atom stereocenters. The smallest absolute Gasteiger partial charge is 0.350 e. The number of amides is 1. The summed E-state index contributed by atoms with van der Waals surface area (Å²) >= 11 is 0.956. The number of thiazole rings is 1. The Morgan fingerprint density at radius 3 is 2.54 bits per heavy atom. The van der Waals surface area contributed by atoms with Crippen LogP contribution in [0, 0.1) is 6.92 Å². The van der Waals surface area contributed by atoms with Crippen molar-refractivity contribution in [1.82, 2.24) is 4.98 Å². The molecule has 0 saturated carbocycles. The monoisotopic (exact) mass is 572 g/mol. The number of hydrogen-bond donors (Lipinski definition) is 1. The van der Waals surface area contributed by atoms with Crippen molar-refractivity contribution in [3.8, 4) is 5.75 Å². The maximum atomic E-state index is 13.5. The lowest BCUT2D eigenvalue weighted by Crippen LogP contribution is -2.30. The first kappa shape index (κ1) is 29.5. The zero-order valence-electron chi connectivity index (χ0n) is 23.0. The van der Waals surface area contributed by atoms with Crippen LogP contribution in [0.5, 0.6) is 5.75 Å². The average Bonchev–Trinajstić information content (AvgIpc) is 3.49. The highest BCUT2D eigenvalue weighted by Gasteiger charge is 2.45. The van der Waals surface area contributed by atoms with Crippen LogP contribution >= 0.6 is 11.3 Å². The van der Waals surface area contributed by atoms with Gasteiger partial charge in [0.05, 0.1) is 23.9 Å². The predicted octanol–water partition coefficient (Wildman–Crippen LogP) is 6.55. The summed E-state index contributed by atoms with van der Waals surface area (Å²) in [5, 5.41) is 11.2. The third-order valence-electron chi connectivity index (χ3n) is 6.42. The van der Waals surface area contributed by atoms with Gasteiger partial charge in [0.2, 0.25) is 0 Å². The number of allylic oxidation sites excluding steroid dienone is 1. The second-order valence-corrected chi connectivity index (χ2v) is 10.3. The Morgan fingerprint density at radius 1 is 1.12 bits per heavy atom. The van der Waals surface area contributed by atoms with Gasteiger partial charge < -0.3 is 14.6 Å². The molecule has 1 aliphatic rings. The predicted molar refractivity (Wildman–Crippen MR) is 159 cm³/mol. The number of aromatic nitrogens is 1. The zero-order chi connectivity index (χ0) is 29.4. The van der Waals surface area contributed by atoms with Gasteiger partial charge in [-0.1, -0.05) is 92.3 Å². The molecule has 0 radical (unpaired) electrons. The minimum absolute atomic E-state index is 0.0262. The molecule has 2 aromatic carbocycles. The second-order valence-electron chi connectivity index (χ2n) is 9.37. The number of anilines is 1. The molecule has 2 heterocycles. The molecular formula is C32H32N2O6S. The molecule has 0 spiro atoms. The van der Waals surface area contributed by atoms with Gasteiger partial charge in [-0.2, -0.15) is 0 Å². The fourth-order valence-corrected chi connectivity index (χ4v) is 5.35. The number of aryl methyl sites for hydroxylation is 1. The molecule has 9 heteroatoms. The molecule has 1 aromatic heterocycles. The summed E-state index contributed by atoms with van der Waals surface area (Å²) in [5.41, 5.74) is 1.65. The van der Waals surface area contributed by atoms with Crippen molar-refractivity contribution in [2.24, 2.45) is 0 Å². The lowest BCUT2D eigenvalue weighted by atomic mass is 9.95. The molecule has 1 atom stereocenters. The molecule has 8 nitrogen and oxygen atoms in total. The molecule has 3 aromatic rings. The van der Waals surface area contributed by atoms with E-state index in [0.29, 0.717) is 23.6 Å². The molecule has 1 amide bonds. The number of carbonyl (C=O) groups excluding carboxylic acids is 3. The van der Waals surface area contributed by atoms with Gasteiger partial charge in [0.1, 0.15) is 17.2 Å². The van der Waals surface area contributed by atoms with Crippen LogP contribution in [0.1, 0.15) is 58.7 Å². The van der Waals surface area contributed by atoms with E-state index in [1.165, 1.54) is 17.1 Å².